The maximum atomic E-state index is 13.2. The zero-order valence-corrected chi connectivity index (χ0v) is 8.44. The smallest absolute Gasteiger partial charge is 0.142 e. The molecule has 2 bridgehead atoms. The van der Waals surface area contributed by atoms with Crippen LogP contribution in [0.15, 0.2) is 18.2 Å². The van der Waals surface area contributed by atoms with Gasteiger partial charge in [0.1, 0.15) is 5.82 Å². The molecular formula is C11H11ClFN. The second-order valence-electron chi connectivity index (χ2n) is 4.80. The van der Waals surface area contributed by atoms with E-state index in [2.05, 4.69) is 0 Å². The SMILES string of the molecule is NC12CC(c3ccc(Cl)c(F)c3)(C1)C2. The molecule has 0 atom stereocenters. The molecule has 0 heterocycles. The largest absolute Gasteiger partial charge is 0.325 e. The molecule has 3 aliphatic carbocycles. The standard InChI is InChI=1S/C11H11ClFN/c12-8-2-1-7(3-9(8)13)10-4-11(14,5-10)6-10/h1-3H,4-6,14H2. The summed E-state index contributed by atoms with van der Waals surface area (Å²) in [5.41, 5.74) is 7.27. The van der Waals surface area contributed by atoms with Gasteiger partial charge in [-0.2, -0.15) is 0 Å². The fourth-order valence-electron chi connectivity index (χ4n) is 3.00. The van der Waals surface area contributed by atoms with E-state index in [9.17, 15) is 4.39 Å². The van der Waals surface area contributed by atoms with Gasteiger partial charge in [0.25, 0.3) is 0 Å². The topological polar surface area (TPSA) is 26.0 Å². The van der Waals surface area contributed by atoms with Crippen molar-refractivity contribution in [2.24, 2.45) is 5.73 Å². The van der Waals surface area contributed by atoms with Crippen LogP contribution in [0.3, 0.4) is 0 Å². The van der Waals surface area contributed by atoms with Crippen LogP contribution < -0.4 is 5.73 Å². The van der Waals surface area contributed by atoms with Gasteiger partial charge in [-0.1, -0.05) is 17.7 Å². The fourth-order valence-corrected chi connectivity index (χ4v) is 3.12. The van der Waals surface area contributed by atoms with Gasteiger partial charge in [-0.25, -0.2) is 4.39 Å². The minimum Gasteiger partial charge on any atom is -0.325 e. The molecule has 74 valence electrons. The van der Waals surface area contributed by atoms with Gasteiger partial charge in [-0.15, -0.1) is 0 Å². The van der Waals surface area contributed by atoms with Gasteiger partial charge >= 0.3 is 0 Å². The number of rotatable bonds is 1. The molecule has 0 amide bonds. The Morgan fingerprint density at radius 3 is 2.43 bits per heavy atom. The lowest BCUT2D eigenvalue weighted by atomic mass is 9.38. The van der Waals surface area contributed by atoms with Crippen molar-refractivity contribution < 1.29 is 4.39 Å². The highest BCUT2D eigenvalue weighted by molar-refractivity contribution is 6.30. The molecule has 14 heavy (non-hydrogen) atoms. The fraction of sp³-hybridized carbons (Fsp3) is 0.455. The van der Waals surface area contributed by atoms with E-state index in [4.69, 9.17) is 17.3 Å². The van der Waals surface area contributed by atoms with Crippen LogP contribution >= 0.6 is 11.6 Å². The molecule has 0 spiro atoms. The Labute approximate surface area is 87.1 Å². The summed E-state index contributed by atoms with van der Waals surface area (Å²) in [5, 5.41) is 0.197. The minimum atomic E-state index is -0.319. The summed E-state index contributed by atoms with van der Waals surface area (Å²) in [5.74, 6) is -0.319. The molecule has 1 aromatic carbocycles. The first-order valence-corrected chi connectivity index (χ1v) is 5.15. The number of hydrogen-bond acceptors (Lipinski definition) is 1. The average Bonchev–Trinajstić information content (AvgIpc) is 2.03. The number of hydrogen-bond donors (Lipinski definition) is 1. The van der Waals surface area contributed by atoms with Gasteiger partial charge in [-0.05, 0) is 37.0 Å². The lowest BCUT2D eigenvalue weighted by molar-refractivity contribution is -0.0591. The number of halogens is 2. The lowest BCUT2D eigenvalue weighted by Crippen LogP contribution is -2.74. The molecule has 4 rings (SSSR count). The first kappa shape index (κ1) is 8.69. The van der Waals surface area contributed by atoms with E-state index >= 15 is 0 Å². The van der Waals surface area contributed by atoms with Gasteiger partial charge in [-0.3, -0.25) is 0 Å². The van der Waals surface area contributed by atoms with Crippen molar-refractivity contribution in [3.05, 3.63) is 34.6 Å². The third kappa shape index (κ3) is 0.931. The van der Waals surface area contributed by atoms with E-state index in [1.807, 2.05) is 6.07 Å². The van der Waals surface area contributed by atoms with Gasteiger partial charge in [0.2, 0.25) is 0 Å². The highest BCUT2D eigenvalue weighted by Gasteiger charge is 2.66. The molecule has 0 radical (unpaired) electrons. The Morgan fingerprint density at radius 1 is 1.29 bits per heavy atom. The van der Waals surface area contributed by atoms with E-state index in [1.54, 1.807) is 12.1 Å². The molecule has 0 saturated heterocycles. The van der Waals surface area contributed by atoms with E-state index in [0.29, 0.717) is 0 Å². The Morgan fingerprint density at radius 2 is 1.93 bits per heavy atom. The summed E-state index contributed by atoms with van der Waals surface area (Å²) < 4.78 is 13.2. The van der Waals surface area contributed by atoms with Crippen LogP contribution in [-0.4, -0.2) is 5.54 Å². The van der Waals surface area contributed by atoms with E-state index < -0.39 is 0 Å². The molecule has 3 aliphatic rings. The van der Waals surface area contributed by atoms with E-state index in [-0.39, 0.29) is 21.8 Å². The third-order valence-electron chi connectivity index (χ3n) is 3.60. The van der Waals surface area contributed by atoms with E-state index in [0.717, 1.165) is 24.8 Å². The molecule has 0 aromatic heterocycles. The first-order chi connectivity index (χ1) is 6.53. The second-order valence-corrected chi connectivity index (χ2v) is 5.21. The van der Waals surface area contributed by atoms with Gasteiger partial charge in [0.05, 0.1) is 5.02 Å². The highest BCUT2D eigenvalue weighted by Crippen LogP contribution is 2.66. The molecule has 1 aromatic rings. The summed E-state index contributed by atoms with van der Waals surface area (Å²) in [4.78, 5) is 0. The molecule has 3 fully saturated rings. The lowest BCUT2D eigenvalue weighted by Gasteiger charge is -2.69. The Kier molecular flexibility index (Phi) is 1.43. The van der Waals surface area contributed by atoms with Gasteiger partial charge in [0, 0.05) is 11.0 Å². The number of benzene rings is 1. The van der Waals surface area contributed by atoms with Gasteiger partial charge < -0.3 is 5.73 Å². The van der Waals surface area contributed by atoms with Crippen molar-refractivity contribution in [1.29, 1.82) is 0 Å². The van der Waals surface area contributed by atoms with Gasteiger partial charge in [0.15, 0.2) is 0 Å². The Balaban J connectivity index is 1.95. The third-order valence-corrected chi connectivity index (χ3v) is 3.91. The molecule has 0 aliphatic heterocycles. The van der Waals surface area contributed by atoms with Crippen LogP contribution in [0.25, 0.3) is 0 Å². The zero-order valence-electron chi connectivity index (χ0n) is 7.69. The minimum absolute atomic E-state index is 0.0656. The monoisotopic (exact) mass is 211 g/mol. The van der Waals surface area contributed by atoms with Crippen molar-refractivity contribution in [2.45, 2.75) is 30.2 Å². The van der Waals surface area contributed by atoms with Crippen molar-refractivity contribution in [3.63, 3.8) is 0 Å². The Hall–Kier alpha value is -0.600. The van der Waals surface area contributed by atoms with Crippen LogP contribution in [0.5, 0.6) is 0 Å². The maximum absolute atomic E-state index is 13.2. The molecule has 3 saturated carbocycles. The Bertz CT molecular complexity index is 396. The summed E-state index contributed by atoms with van der Waals surface area (Å²) >= 11 is 5.63. The summed E-state index contributed by atoms with van der Waals surface area (Å²) in [6.45, 7) is 0. The predicted molar refractivity (Wildman–Crippen MR) is 53.9 cm³/mol. The number of nitrogens with two attached hydrogens (primary N) is 1. The summed E-state index contributed by atoms with van der Waals surface area (Å²) in [6.07, 6.45) is 3.00. The second kappa shape index (κ2) is 2.31. The van der Waals surface area contributed by atoms with Crippen molar-refractivity contribution in [1.82, 2.24) is 0 Å². The highest BCUT2D eigenvalue weighted by atomic mass is 35.5. The molecular weight excluding hydrogens is 201 g/mol. The predicted octanol–water partition coefficient (Wildman–Crippen LogP) is 2.61. The van der Waals surface area contributed by atoms with Crippen molar-refractivity contribution in [3.8, 4) is 0 Å². The van der Waals surface area contributed by atoms with Crippen LogP contribution in [0.2, 0.25) is 5.02 Å². The average molecular weight is 212 g/mol. The van der Waals surface area contributed by atoms with Crippen molar-refractivity contribution >= 4 is 11.6 Å². The normalized spacial score (nSPS) is 38.8. The van der Waals surface area contributed by atoms with Crippen molar-refractivity contribution in [2.75, 3.05) is 0 Å². The molecule has 1 nitrogen and oxygen atoms in total. The zero-order chi connectivity index (χ0) is 9.97. The molecule has 3 heteroatoms. The molecule has 0 unspecified atom stereocenters. The first-order valence-electron chi connectivity index (χ1n) is 4.78. The van der Waals surface area contributed by atoms with Crippen LogP contribution in [0.1, 0.15) is 24.8 Å². The molecule has 2 N–H and O–H groups in total. The van der Waals surface area contributed by atoms with E-state index in [1.165, 1.54) is 0 Å². The van der Waals surface area contributed by atoms with Crippen LogP contribution in [0, 0.1) is 5.82 Å². The van der Waals surface area contributed by atoms with Crippen LogP contribution in [-0.2, 0) is 5.41 Å². The summed E-state index contributed by atoms with van der Waals surface area (Å²) in [7, 11) is 0. The quantitative estimate of drug-likeness (QED) is 0.759. The maximum Gasteiger partial charge on any atom is 0.142 e. The van der Waals surface area contributed by atoms with Crippen LogP contribution in [0.4, 0.5) is 4.39 Å². The summed E-state index contributed by atoms with van der Waals surface area (Å²) in [6, 6.07) is 5.11.